The van der Waals surface area contributed by atoms with Crippen molar-refractivity contribution in [1.29, 1.82) is 0 Å². The minimum atomic E-state index is -3.53. The molecule has 1 aliphatic rings. The number of benzene rings is 1. The lowest BCUT2D eigenvalue weighted by Gasteiger charge is -2.36. The molecule has 0 spiro atoms. The predicted molar refractivity (Wildman–Crippen MR) is 110 cm³/mol. The summed E-state index contributed by atoms with van der Waals surface area (Å²) in [5.41, 5.74) is 0. The van der Waals surface area contributed by atoms with E-state index < -0.39 is 18.3 Å². The lowest BCUT2D eigenvalue weighted by molar-refractivity contribution is 0.221. The van der Waals surface area contributed by atoms with E-state index in [0.717, 1.165) is 19.4 Å². The summed E-state index contributed by atoms with van der Waals surface area (Å²) in [6.45, 7) is 14.6. The topological polar surface area (TPSA) is 73.9 Å². The molecule has 6 nitrogen and oxygen atoms in total. The summed E-state index contributed by atoms with van der Waals surface area (Å²) >= 11 is 0. The Labute approximate surface area is 164 Å². The Hall–Kier alpha value is -1.09. The maximum Gasteiger partial charge on any atom is 0.244 e. The highest BCUT2D eigenvalue weighted by molar-refractivity contribution is 7.89. The van der Waals surface area contributed by atoms with Crippen LogP contribution in [0.5, 0.6) is 11.5 Å². The van der Waals surface area contributed by atoms with Gasteiger partial charge in [0.05, 0.1) is 6.61 Å². The molecule has 27 heavy (non-hydrogen) atoms. The van der Waals surface area contributed by atoms with Crippen LogP contribution >= 0.6 is 0 Å². The van der Waals surface area contributed by atoms with Crippen molar-refractivity contribution in [3.05, 3.63) is 18.2 Å². The molecular weight excluding hydrogens is 382 g/mol. The van der Waals surface area contributed by atoms with Gasteiger partial charge in [-0.2, -0.15) is 0 Å². The minimum Gasteiger partial charge on any atom is -0.493 e. The van der Waals surface area contributed by atoms with Gasteiger partial charge in [0.15, 0.2) is 8.32 Å². The minimum absolute atomic E-state index is 0.155. The largest absolute Gasteiger partial charge is 0.493 e. The Morgan fingerprint density at radius 1 is 1.22 bits per heavy atom. The molecule has 0 aromatic heterocycles. The molecule has 1 aromatic carbocycles. The summed E-state index contributed by atoms with van der Waals surface area (Å²) in [7, 11) is -5.22. The van der Waals surface area contributed by atoms with Crippen LogP contribution in [-0.2, 0) is 14.4 Å². The van der Waals surface area contributed by atoms with Crippen LogP contribution in [0, 0.1) is 0 Å². The second kappa shape index (κ2) is 8.51. The zero-order valence-electron chi connectivity index (χ0n) is 17.3. The molecule has 1 aliphatic heterocycles. The quantitative estimate of drug-likeness (QED) is 0.539. The van der Waals surface area contributed by atoms with Gasteiger partial charge >= 0.3 is 0 Å². The normalized spacial score (nSPS) is 19.7. The first-order valence-electron chi connectivity index (χ1n) is 9.49. The van der Waals surface area contributed by atoms with E-state index in [1.54, 1.807) is 12.1 Å². The summed E-state index contributed by atoms with van der Waals surface area (Å²) in [5, 5.41) is 0.220. The molecule has 0 radical (unpaired) electrons. The Bertz CT molecular complexity index is 743. The van der Waals surface area contributed by atoms with E-state index in [-0.39, 0.29) is 22.6 Å². The molecule has 8 heteroatoms. The average molecular weight is 416 g/mol. The van der Waals surface area contributed by atoms with Crippen LogP contribution < -0.4 is 14.2 Å². The van der Waals surface area contributed by atoms with Crippen LogP contribution in [0.3, 0.4) is 0 Å². The fourth-order valence-corrected chi connectivity index (χ4v) is 4.71. The Kier molecular flexibility index (Phi) is 6.99. The molecule has 0 bridgehead atoms. The first kappa shape index (κ1) is 22.2. The molecule has 1 N–H and O–H groups in total. The third-order valence-electron chi connectivity index (χ3n) is 5.17. The molecule has 154 valence electrons. The molecule has 1 atom stereocenters. The van der Waals surface area contributed by atoms with Crippen molar-refractivity contribution >= 4 is 18.3 Å². The fourth-order valence-electron chi connectivity index (χ4n) is 2.39. The van der Waals surface area contributed by atoms with E-state index in [1.165, 1.54) is 6.07 Å². The number of hydrogen-bond donors (Lipinski definition) is 1. The molecule has 0 unspecified atom stereocenters. The standard InChI is InChI=1S/C19H33NO5SSi/c1-15-14-20-26(21,22)18-10-9-16(13-17(18)25-15)23-11-7-8-12-24-27(5,6)19(2,3)4/h9-10,13,15,20H,7-8,11-12,14H2,1-6H3/t15-/m1/s1. The van der Waals surface area contributed by atoms with Gasteiger partial charge in [-0.25, -0.2) is 13.1 Å². The second-order valence-electron chi connectivity index (χ2n) is 8.55. The van der Waals surface area contributed by atoms with Crippen LogP contribution in [-0.4, -0.2) is 42.6 Å². The number of unbranched alkanes of at least 4 members (excludes halogenated alkanes) is 1. The number of hydrogen-bond acceptors (Lipinski definition) is 5. The van der Waals surface area contributed by atoms with Gasteiger partial charge in [0, 0.05) is 19.2 Å². The zero-order chi connectivity index (χ0) is 20.3. The van der Waals surface area contributed by atoms with Crippen LogP contribution in [0.25, 0.3) is 0 Å². The molecule has 0 saturated carbocycles. The smallest absolute Gasteiger partial charge is 0.244 e. The molecule has 0 amide bonds. The predicted octanol–water partition coefficient (Wildman–Crippen LogP) is 3.93. The molecule has 0 fully saturated rings. The number of ether oxygens (including phenoxy) is 2. The molecule has 2 rings (SSSR count). The maximum absolute atomic E-state index is 12.2. The first-order chi connectivity index (χ1) is 12.4. The molecular formula is C19H33NO5SSi. The maximum atomic E-state index is 12.2. The van der Waals surface area contributed by atoms with E-state index in [0.29, 0.717) is 18.1 Å². The van der Waals surface area contributed by atoms with E-state index in [9.17, 15) is 8.42 Å². The number of sulfonamides is 1. The summed E-state index contributed by atoms with van der Waals surface area (Å²) in [6, 6.07) is 4.86. The van der Waals surface area contributed by atoms with Crippen molar-refractivity contribution in [3.63, 3.8) is 0 Å². The van der Waals surface area contributed by atoms with Gasteiger partial charge in [-0.1, -0.05) is 20.8 Å². The number of rotatable bonds is 7. The van der Waals surface area contributed by atoms with Gasteiger partial charge in [-0.3, -0.25) is 0 Å². The molecule has 1 aromatic rings. The van der Waals surface area contributed by atoms with Crippen LogP contribution in [0.4, 0.5) is 0 Å². The summed E-state index contributed by atoms with van der Waals surface area (Å²) in [6.07, 6.45) is 1.58. The van der Waals surface area contributed by atoms with E-state index in [4.69, 9.17) is 13.9 Å². The highest BCUT2D eigenvalue weighted by atomic mass is 32.2. The van der Waals surface area contributed by atoms with E-state index in [1.807, 2.05) is 6.92 Å². The Morgan fingerprint density at radius 3 is 2.56 bits per heavy atom. The SMILES string of the molecule is C[C@@H]1CNS(=O)(=O)c2ccc(OCCCCO[Si](C)(C)C(C)(C)C)cc2O1. The van der Waals surface area contributed by atoms with Crippen molar-refractivity contribution < 1.29 is 22.3 Å². The van der Waals surface area contributed by atoms with E-state index >= 15 is 0 Å². The van der Waals surface area contributed by atoms with Crippen molar-refractivity contribution in [3.8, 4) is 11.5 Å². The highest BCUT2D eigenvalue weighted by Crippen LogP contribution is 2.36. The lowest BCUT2D eigenvalue weighted by Crippen LogP contribution is -2.41. The zero-order valence-corrected chi connectivity index (χ0v) is 19.1. The van der Waals surface area contributed by atoms with Crippen molar-refractivity contribution in [2.75, 3.05) is 19.8 Å². The second-order valence-corrected chi connectivity index (χ2v) is 15.1. The van der Waals surface area contributed by atoms with Gasteiger partial charge in [0.1, 0.15) is 22.5 Å². The van der Waals surface area contributed by atoms with Gasteiger partial charge in [-0.15, -0.1) is 0 Å². The Morgan fingerprint density at radius 2 is 1.89 bits per heavy atom. The van der Waals surface area contributed by atoms with Crippen LogP contribution in [0.1, 0.15) is 40.5 Å². The van der Waals surface area contributed by atoms with E-state index in [2.05, 4.69) is 38.6 Å². The van der Waals surface area contributed by atoms with Gasteiger partial charge in [0.25, 0.3) is 0 Å². The first-order valence-corrected chi connectivity index (χ1v) is 13.9. The van der Waals surface area contributed by atoms with Crippen molar-refractivity contribution in [2.24, 2.45) is 0 Å². The summed E-state index contributed by atoms with van der Waals surface area (Å²) in [5.74, 6) is 0.953. The van der Waals surface area contributed by atoms with Gasteiger partial charge in [-0.05, 0) is 50.0 Å². The molecule has 0 saturated heterocycles. The third kappa shape index (κ3) is 5.94. The number of fused-ring (bicyclic) bond motifs is 1. The summed E-state index contributed by atoms with van der Waals surface area (Å²) < 4.78 is 44.6. The van der Waals surface area contributed by atoms with Crippen molar-refractivity contribution in [1.82, 2.24) is 4.72 Å². The third-order valence-corrected chi connectivity index (χ3v) is 11.2. The summed E-state index contributed by atoms with van der Waals surface area (Å²) in [4.78, 5) is 0.155. The average Bonchev–Trinajstić information content (AvgIpc) is 2.65. The van der Waals surface area contributed by atoms with Gasteiger partial charge < -0.3 is 13.9 Å². The van der Waals surface area contributed by atoms with Crippen molar-refractivity contribution in [2.45, 2.75) is 69.7 Å². The molecule has 1 heterocycles. The highest BCUT2D eigenvalue weighted by Gasteiger charge is 2.36. The Balaban J connectivity index is 1.84. The monoisotopic (exact) mass is 415 g/mol. The molecule has 0 aliphatic carbocycles. The number of nitrogens with one attached hydrogen (secondary N) is 1. The van der Waals surface area contributed by atoms with Crippen LogP contribution in [0.15, 0.2) is 23.1 Å². The fraction of sp³-hybridized carbons (Fsp3) is 0.684. The lowest BCUT2D eigenvalue weighted by atomic mass is 10.2. The van der Waals surface area contributed by atoms with Crippen LogP contribution in [0.2, 0.25) is 18.1 Å². The van der Waals surface area contributed by atoms with Gasteiger partial charge in [0.2, 0.25) is 10.0 Å².